The number of hydrogen-bond donors (Lipinski definition) is 1. The second-order valence-electron chi connectivity index (χ2n) is 9.80. The zero-order valence-electron chi connectivity index (χ0n) is 23.0. The Bertz CT molecular complexity index is 1410. The molecule has 0 heterocycles. The Hall–Kier alpha value is -3.17. The van der Waals surface area contributed by atoms with Gasteiger partial charge in [0.25, 0.3) is 10.0 Å². The van der Waals surface area contributed by atoms with Gasteiger partial charge in [0.05, 0.1) is 10.6 Å². The van der Waals surface area contributed by atoms with Crippen LogP contribution in [0.4, 0.5) is 5.69 Å². The lowest BCUT2D eigenvalue weighted by atomic mass is 10.1. The Balaban J connectivity index is 2.07. The van der Waals surface area contributed by atoms with E-state index >= 15 is 0 Å². The Morgan fingerprint density at radius 3 is 2.23 bits per heavy atom. The van der Waals surface area contributed by atoms with Gasteiger partial charge in [0.15, 0.2) is 0 Å². The quantitative estimate of drug-likeness (QED) is 0.311. The zero-order valence-corrected chi connectivity index (χ0v) is 25.4. The van der Waals surface area contributed by atoms with E-state index in [9.17, 15) is 18.0 Å². The van der Waals surface area contributed by atoms with E-state index in [0.29, 0.717) is 12.1 Å². The van der Waals surface area contributed by atoms with E-state index in [-0.39, 0.29) is 23.4 Å². The van der Waals surface area contributed by atoms with Crippen molar-refractivity contribution in [3.8, 4) is 0 Å². The molecule has 7 nitrogen and oxygen atoms in total. The maximum atomic E-state index is 14.0. The molecule has 3 rings (SSSR count). The number of rotatable bonds is 11. The summed E-state index contributed by atoms with van der Waals surface area (Å²) in [5.41, 5.74) is 2.97. The standard InChI is InChI=1S/C30H36BrN3O4S/c1-6-25-11-7-8-13-28(25)34(39(37,38)27-16-14-22(4)15-17-27)20-29(35)33(23(5)30(36)32-21(2)3)19-24-10-9-12-26(31)18-24/h7-18,21,23H,6,19-20H2,1-5H3,(H,32,36). The van der Waals surface area contributed by atoms with Gasteiger partial charge in [-0.2, -0.15) is 0 Å². The molecule has 0 saturated heterocycles. The second kappa shape index (κ2) is 13.3. The minimum absolute atomic E-state index is 0.0935. The first-order valence-corrected chi connectivity index (χ1v) is 15.2. The summed E-state index contributed by atoms with van der Waals surface area (Å²) in [4.78, 5) is 28.6. The van der Waals surface area contributed by atoms with E-state index in [1.165, 1.54) is 9.21 Å². The first-order valence-electron chi connectivity index (χ1n) is 13.0. The highest BCUT2D eigenvalue weighted by Crippen LogP contribution is 2.28. The van der Waals surface area contributed by atoms with Gasteiger partial charge in [0.1, 0.15) is 12.6 Å². The topological polar surface area (TPSA) is 86.8 Å². The van der Waals surface area contributed by atoms with Crippen molar-refractivity contribution in [2.24, 2.45) is 0 Å². The summed E-state index contributed by atoms with van der Waals surface area (Å²) in [6.45, 7) is 8.86. The van der Waals surface area contributed by atoms with Gasteiger partial charge >= 0.3 is 0 Å². The molecule has 0 aromatic heterocycles. The molecule has 2 amide bonds. The van der Waals surface area contributed by atoms with E-state index in [0.717, 1.165) is 21.2 Å². The van der Waals surface area contributed by atoms with Gasteiger partial charge in [0, 0.05) is 17.1 Å². The molecule has 0 saturated carbocycles. The molecule has 39 heavy (non-hydrogen) atoms. The summed E-state index contributed by atoms with van der Waals surface area (Å²) in [5.74, 6) is -0.793. The number of halogens is 1. The number of anilines is 1. The van der Waals surface area contributed by atoms with Crippen LogP contribution in [0, 0.1) is 6.92 Å². The molecule has 0 fully saturated rings. The lowest BCUT2D eigenvalue weighted by Gasteiger charge is -2.33. The molecule has 0 spiro atoms. The fourth-order valence-corrected chi connectivity index (χ4v) is 6.12. The SMILES string of the molecule is CCc1ccccc1N(CC(=O)N(Cc1cccc(Br)c1)C(C)C(=O)NC(C)C)S(=O)(=O)c1ccc(C)cc1. The molecule has 0 radical (unpaired) electrons. The average Bonchev–Trinajstić information content (AvgIpc) is 2.89. The van der Waals surface area contributed by atoms with E-state index < -0.39 is 28.5 Å². The van der Waals surface area contributed by atoms with E-state index in [1.54, 1.807) is 43.3 Å². The maximum Gasteiger partial charge on any atom is 0.264 e. The second-order valence-corrected chi connectivity index (χ2v) is 12.6. The van der Waals surface area contributed by atoms with Gasteiger partial charge in [-0.15, -0.1) is 0 Å². The van der Waals surface area contributed by atoms with Gasteiger partial charge in [-0.05, 0) is 75.6 Å². The third-order valence-electron chi connectivity index (χ3n) is 6.37. The zero-order chi connectivity index (χ0) is 28.7. The minimum Gasteiger partial charge on any atom is -0.352 e. The first kappa shape index (κ1) is 30.4. The normalized spacial score (nSPS) is 12.2. The van der Waals surface area contributed by atoms with Crippen molar-refractivity contribution in [3.63, 3.8) is 0 Å². The molecule has 3 aromatic rings. The fraction of sp³-hybridized carbons (Fsp3) is 0.333. The largest absolute Gasteiger partial charge is 0.352 e. The Morgan fingerprint density at radius 1 is 0.949 bits per heavy atom. The van der Waals surface area contributed by atoms with E-state index in [2.05, 4.69) is 21.2 Å². The number of benzene rings is 3. The lowest BCUT2D eigenvalue weighted by molar-refractivity contribution is -0.139. The van der Waals surface area contributed by atoms with Crippen LogP contribution in [0.5, 0.6) is 0 Å². The first-order chi connectivity index (χ1) is 18.4. The number of nitrogens with one attached hydrogen (secondary N) is 1. The number of amides is 2. The van der Waals surface area contributed by atoms with Gasteiger partial charge in [0.2, 0.25) is 11.8 Å². The van der Waals surface area contributed by atoms with E-state index in [4.69, 9.17) is 0 Å². The van der Waals surface area contributed by atoms with Gasteiger partial charge < -0.3 is 10.2 Å². The number of aryl methyl sites for hydroxylation is 2. The van der Waals surface area contributed by atoms with Gasteiger partial charge in [-0.3, -0.25) is 13.9 Å². The third-order valence-corrected chi connectivity index (χ3v) is 8.64. The van der Waals surface area contributed by atoms with Crippen LogP contribution in [0.25, 0.3) is 0 Å². The molecule has 1 N–H and O–H groups in total. The summed E-state index contributed by atoms with van der Waals surface area (Å²) in [6.07, 6.45) is 0.583. The molecule has 9 heteroatoms. The molecule has 0 aliphatic heterocycles. The van der Waals surface area contributed by atoms with Crippen LogP contribution in [-0.4, -0.2) is 43.8 Å². The summed E-state index contributed by atoms with van der Waals surface area (Å²) in [6, 6.07) is 20.3. The molecular weight excluding hydrogens is 578 g/mol. The van der Waals surface area contributed by atoms with Crippen LogP contribution in [0.15, 0.2) is 82.2 Å². The minimum atomic E-state index is -4.10. The molecule has 0 aliphatic carbocycles. The molecule has 0 aliphatic rings. The van der Waals surface area contributed by atoms with Crippen molar-refractivity contribution < 1.29 is 18.0 Å². The lowest BCUT2D eigenvalue weighted by Crippen LogP contribution is -2.52. The molecule has 0 bridgehead atoms. The number of hydrogen-bond acceptors (Lipinski definition) is 4. The van der Waals surface area contributed by atoms with Crippen molar-refractivity contribution in [1.82, 2.24) is 10.2 Å². The Kier molecular flexibility index (Phi) is 10.3. The molecule has 1 atom stereocenters. The van der Waals surface area contributed by atoms with Crippen LogP contribution in [0.1, 0.15) is 44.4 Å². The number of sulfonamides is 1. The summed E-state index contributed by atoms with van der Waals surface area (Å²) in [7, 11) is -4.10. The van der Waals surface area contributed by atoms with Crippen molar-refractivity contribution in [1.29, 1.82) is 0 Å². The molecule has 208 valence electrons. The van der Waals surface area contributed by atoms with Crippen LogP contribution in [0.2, 0.25) is 0 Å². The van der Waals surface area contributed by atoms with Crippen molar-refractivity contribution in [3.05, 3.63) is 94.0 Å². The van der Waals surface area contributed by atoms with Crippen LogP contribution in [0.3, 0.4) is 0 Å². The number of carbonyl (C=O) groups excluding carboxylic acids is 2. The monoisotopic (exact) mass is 613 g/mol. The third kappa shape index (κ3) is 7.70. The van der Waals surface area contributed by atoms with Crippen molar-refractivity contribution in [2.75, 3.05) is 10.8 Å². The van der Waals surface area contributed by atoms with Crippen LogP contribution in [-0.2, 0) is 32.6 Å². The Labute approximate surface area is 240 Å². The highest BCUT2D eigenvalue weighted by molar-refractivity contribution is 9.10. The predicted octanol–water partition coefficient (Wildman–Crippen LogP) is 5.46. The summed E-state index contributed by atoms with van der Waals surface area (Å²) in [5, 5.41) is 2.87. The maximum absolute atomic E-state index is 14.0. The number of nitrogens with zero attached hydrogens (tertiary/aromatic N) is 2. The molecule has 3 aromatic carbocycles. The molecule has 1 unspecified atom stereocenters. The fourth-order valence-electron chi connectivity index (χ4n) is 4.22. The number of para-hydroxylation sites is 1. The Morgan fingerprint density at radius 2 is 1.62 bits per heavy atom. The molecular formula is C30H36BrN3O4S. The average molecular weight is 615 g/mol. The van der Waals surface area contributed by atoms with E-state index in [1.807, 2.05) is 64.1 Å². The van der Waals surface area contributed by atoms with Crippen molar-refractivity contribution in [2.45, 2.75) is 64.6 Å². The van der Waals surface area contributed by atoms with Crippen LogP contribution < -0.4 is 9.62 Å². The van der Waals surface area contributed by atoms with Gasteiger partial charge in [-0.25, -0.2) is 8.42 Å². The summed E-state index contributed by atoms with van der Waals surface area (Å²) < 4.78 is 30.0. The van der Waals surface area contributed by atoms with Gasteiger partial charge in [-0.1, -0.05) is 70.9 Å². The number of carbonyl (C=O) groups is 2. The van der Waals surface area contributed by atoms with Crippen molar-refractivity contribution >= 4 is 43.5 Å². The summed E-state index contributed by atoms with van der Waals surface area (Å²) >= 11 is 3.46. The smallest absolute Gasteiger partial charge is 0.264 e. The van der Waals surface area contributed by atoms with Crippen LogP contribution >= 0.6 is 15.9 Å². The predicted molar refractivity (Wildman–Crippen MR) is 159 cm³/mol. The highest BCUT2D eigenvalue weighted by atomic mass is 79.9. The highest BCUT2D eigenvalue weighted by Gasteiger charge is 2.33.